The first kappa shape index (κ1) is 10.9. The van der Waals surface area contributed by atoms with Gasteiger partial charge in [0.2, 0.25) is 0 Å². The van der Waals surface area contributed by atoms with Gasteiger partial charge in [0.25, 0.3) is 0 Å². The largest absolute Gasteiger partial charge is 0.391 e. The lowest BCUT2D eigenvalue weighted by Crippen LogP contribution is -2.43. The highest BCUT2D eigenvalue weighted by Crippen LogP contribution is 2.21. The molecule has 1 aliphatic heterocycles. The zero-order valence-electron chi connectivity index (χ0n) is 8.91. The standard InChI is InChI=1S/C11H15N3O2/c12-11(16)14-5-3-10(15)9(14)6-8-2-1-4-13-7-8/h1-2,4,7,9-10,15H,3,5-6H2,(H2,12,16)/t9-,10-/m0/s1. The summed E-state index contributed by atoms with van der Waals surface area (Å²) in [4.78, 5) is 16.7. The number of pyridine rings is 1. The molecule has 1 aromatic rings. The maximum atomic E-state index is 11.2. The van der Waals surface area contributed by atoms with Crippen molar-refractivity contribution >= 4 is 6.03 Å². The van der Waals surface area contributed by atoms with Gasteiger partial charge >= 0.3 is 6.03 Å². The summed E-state index contributed by atoms with van der Waals surface area (Å²) in [5.74, 6) is 0. The summed E-state index contributed by atoms with van der Waals surface area (Å²) >= 11 is 0. The number of primary amides is 1. The van der Waals surface area contributed by atoms with Crippen LogP contribution in [0.4, 0.5) is 4.79 Å². The van der Waals surface area contributed by atoms with Gasteiger partial charge < -0.3 is 15.7 Å². The van der Waals surface area contributed by atoms with Gasteiger partial charge in [-0.15, -0.1) is 0 Å². The topological polar surface area (TPSA) is 79.5 Å². The number of rotatable bonds is 2. The van der Waals surface area contributed by atoms with E-state index in [1.165, 1.54) is 4.90 Å². The molecule has 1 aromatic heterocycles. The highest BCUT2D eigenvalue weighted by Gasteiger charge is 2.34. The van der Waals surface area contributed by atoms with Gasteiger partial charge in [-0.05, 0) is 24.5 Å². The minimum absolute atomic E-state index is 0.221. The minimum atomic E-state index is -0.493. The van der Waals surface area contributed by atoms with E-state index in [0.29, 0.717) is 19.4 Å². The minimum Gasteiger partial charge on any atom is -0.391 e. The molecule has 0 unspecified atom stereocenters. The van der Waals surface area contributed by atoms with Crippen LogP contribution in [0.1, 0.15) is 12.0 Å². The number of aromatic nitrogens is 1. The molecular weight excluding hydrogens is 206 g/mol. The Hall–Kier alpha value is -1.62. The van der Waals surface area contributed by atoms with Gasteiger partial charge in [0.05, 0.1) is 12.1 Å². The van der Waals surface area contributed by atoms with Crippen LogP contribution in [0.3, 0.4) is 0 Å². The average molecular weight is 221 g/mol. The lowest BCUT2D eigenvalue weighted by Gasteiger charge is -2.24. The molecule has 1 fully saturated rings. The molecule has 0 bridgehead atoms. The lowest BCUT2D eigenvalue weighted by atomic mass is 10.0. The molecule has 1 saturated heterocycles. The Kier molecular flexibility index (Phi) is 3.05. The number of aliphatic hydroxyl groups is 1. The number of carbonyl (C=O) groups excluding carboxylic acids is 1. The maximum absolute atomic E-state index is 11.2. The first-order valence-electron chi connectivity index (χ1n) is 5.31. The second-order valence-corrected chi connectivity index (χ2v) is 4.02. The molecule has 0 radical (unpaired) electrons. The molecular formula is C11H15N3O2. The summed E-state index contributed by atoms with van der Waals surface area (Å²) in [6.07, 6.45) is 4.13. The summed E-state index contributed by atoms with van der Waals surface area (Å²) in [6.45, 7) is 0.529. The van der Waals surface area contributed by atoms with Crippen LogP contribution < -0.4 is 5.73 Å². The Morgan fingerprint density at radius 2 is 2.50 bits per heavy atom. The van der Waals surface area contributed by atoms with Gasteiger partial charge in [0.1, 0.15) is 0 Å². The van der Waals surface area contributed by atoms with Crippen molar-refractivity contribution in [1.82, 2.24) is 9.88 Å². The van der Waals surface area contributed by atoms with Crippen molar-refractivity contribution in [1.29, 1.82) is 0 Å². The number of hydrogen-bond acceptors (Lipinski definition) is 3. The van der Waals surface area contributed by atoms with Gasteiger partial charge in [-0.1, -0.05) is 6.07 Å². The molecule has 2 atom stereocenters. The van der Waals surface area contributed by atoms with E-state index in [4.69, 9.17) is 5.73 Å². The molecule has 0 spiro atoms. The van der Waals surface area contributed by atoms with Gasteiger partial charge in [-0.2, -0.15) is 0 Å². The smallest absolute Gasteiger partial charge is 0.315 e. The van der Waals surface area contributed by atoms with Crippen molar-refractivity contribution in [2.24, 2.45) is 5.73 Å². The summed E-state index contributed by atoms with van der Waals surface area (Å²) in [5, 5.41) is 9.80. The van der Waals surface area contributed by atoms with E-state index in [0.717, 1.165) is 5.56 Å². The van der Waals surface area contributed by atoms with Crippen molar-refractivity contribution in [2.75, 3.05) is 6.54 Å². The molecule has 86 valence electrons. The van der Waals surface area contributed by atoms with Crippen LogP contribution in [0.15, 0.2) is 24.5 Å². The van der Waals surface area contributed by atoms with Gasteiger partial charge in [-0.3, -0.25) is 4.98 Å². The number of nitrogens with two attached hydrogens (primary N) is 1. The second-order valence-electron chi connectivity index (χ2n) is 4.02. The molecule has 0 aromatic carbocycles. The third kappa shape index (κ3) is 2.14. The molecule has 2 amide bonds. The van der Waals surface area contributed by atoms with Crippen LogP contribution in [-0.4, -0.2) is 39.7 Å². The van der Waals surface area contributed by atoms with Gasteiger partial charge in [0.15, 0.2) is 0 Å². The Bertz CT molecular complexity index is 369. The third-order valence-electron chi connectivity index (χ3n) is 2.96. The zero-order chi connectivity index (χ0) is 11.5. The SMILES string of the molecule is NC(=O)N1CC[C@H](O)[C@@H]1Cc1cccnc1. The van der Waals surface area contributed by atoms with E-state index < -0.39 is 12.1 Å². The van der Waals surface area contributed by atoms with Crippen molar-refractivity contribution in [3.05, 3.63) is 30.1 Å². The van der Waals surface area contributed by atoms with Crippen molar-refractivity contribution in [3.8, 4) is 0 Å². The van der Waals surface area contributed by atoms with E-state index in [9.17, 15) is 9.90 Å². The predicted molar refractivity (Wildman–Crippen MR) is 58.6 cm³/mol. The number of aliphatic hydroxyl groups excluding tert-OH is 1. The first-order chi connectivity index (χ1) is 7.68. The Morgan fingerprint density at radius 1 is 1.69 bits per heavy atom. The van der Waals surface area contributed by atoms with Crippen LogP contribution in [0.2, 0.25) is 0 Å². The van der Waals surface area contributed by atoms with Crippen molar-refractivity contribution in [3.63, 3.8) is 0 Å². The normalized spacial score (nSPS) is 24.7. The molecule has 3 N–H and O–H groups in total. The van der Waals surface area contributed by atoms with E-state index >= 15 is 0 Å². The number of amides is 2. The fourth-order valence-electron chi connectivity index (χ4n) is 2.12. The molecule has 16 heavy (non-hydrogen) atoms. The highest BCUT2D eigenvalue weighted by atomic mass is 16.3. The fourth-order valence-corrected chi connectivity index (χ4v) is 2.12. The van der Waals surface area contributed by atoms with Gasteiger partial charge in [-0.25, -0.2) is 4.79 Å². The van der Waals surface area contributed by atoms with E-state index in [1.807, 2.05) is 12.1 Å². The zero-order valence-corrected chi connectivity index (χ0v) is 8.91. The van der Waals surface area contributed by atoms with Crippen LogP contribution >= 0.6 is 0 Å². The summed E-state index contributed by atoms with van der Waals surface area (Å²) in [5.41, 5.74) is 6.26. The number of likely N-dealkylation sites (tertiary alicyclic amines) is 1. The summed E-state index contributed by atoms with van der Waals surface area (Å²) < 4.78 is 0. The quantitative estimate of drug-likeness (QED) is 0.745. The fraction of sp³-hybridized carbons (Fsp3) is 0.455. The highest BCUT2D eigenvalue weighted by molar-refractivity contribution is 5.72. The number of nitrogens with zero attached hydrogens (tertiary/aromatic N) is 2. The number of carbonyl (C=O) groups is 1. The Morgan fingerprint density at radius 3 is 3.12 bits per heavy atom. The predicted octanol–water partition coefficient (Wildman–Crippen LogP) is 0.138. The van der Waals surface area contributed by atoms with Gasteiger partial charge in [0, 0.05) is 18.9 Å². The maximum Gasteiger partial charge on any atom is 0.315 e. The summed E-state index contributed by atoms with van der Waals surface area (Å²) in [6, 6.07) is 3.08. The van der Waals surface area contributed by atoms with Crippen LogP contribution in [0.5, 0.6) is 0 Å². The van der Waals surface area contributed by atoms with Crippen LogP contribution in [0, 0.1) is 0 Å². The number of hydrogen-bond donors (Lipinski definition) is 2. The van der Waals surface area contributed by atoms with E-state index in [2.05, 4.69) is 4.98 Å². The Labute approximate surface area is 93.9 Å². The molecule has 0 aliphatic carbocycles. The molecule has 5 heteroatoms. The summed E-state index contributed by atoms with van der Waals surface area (Å²) in [7, 11) is 0. The Balaban J connectivity index is 2.10. The third-order valence-corrected chi connectivity index (χ3v) is 2.96. The van der Waals surface area contributed by atoms with Crippen LogP contribution in [-0.2, 0) is 6.42 Å². The lowest BCUT2D eigenvalue weighted by molar-refractivity contribution is 0.125. The second kappa shape index (κ2) is 4.49. The van der Waals surface area contributed by atoms with Crippen LogP contribution in [0.25, 0.3) is 0 Å². The van der Waals surface area contributed by atoms with E-state index in [1.54, 1.807) is 12.4 Å². The van der Waals surface area contributed by atoms with E-state index in [-0.39, 0.29) is 6.04 Å². The molecule has 2 heterocycles. The monoisotopic (exact) mass is 221 g/mol. The molecule has 1 aliphatic rings. The molecule has 2 rings (SSSR count). The van der Waals surface area contributed by atoms with Crippen molar-refractivity contribution < 1.29 is 9.90 Å². The molecule has 0 saturated carbocycles. The number of urea groups is 1. The van der Waals surface area contributed by atoms with Crippen molar-refractivity contribution in [2.45, 2.75) is 25.0 Å². The first-order valence-corrected chi connectivity index (χ1v) is 5.31. The average Bonchev–Trinajstić information content (AvgIpc) is 2.62. The molecule has 5 nitrogen and oxygen atoms in total.